The third kappa shape index (κ3) is 19.2. The van der Waals surface area contributed by atoms with Gasteiger partial charge in [-0.15, -0.1) is 23.5 Å². The first-order valence-electron chi connectivity index (χ1n) is 22.7. The summed E-state index contributed by atoms with van der Waals surface area (Å²) in [6, 6.07) is -1.04. The third-order valence-corrected chi connectivity index (χ3v) is 14.1. The Kier molecular flexibility index (Phi) is 24.0. The molecule has 1 aromatic heterocycles. The number of H-pyrrole nitrogens is 1. The molecule has 4 rings (SSSR count). The van der Waals surface area contributed by atoms with E-state index in [-0.39, 0.29) is 23.5 Å². The first-order valence-corrected chi connectivity index (χ1v) is 26.3. The molecule has 3 aliphatic rings. The van der Waals surface area contributed by atoms with Crippen molar-refractivity contribution >= 4 is 79.1 Å². The molecule has 75 heavy (non-hydrogen) atoms. The van der Waals surface area contributed by atoms with E-state index in [1.165, 1.54) is 13.1 Å². The number of nitrogens with one attached hydrogen (secondary N) is 1. The maximum absolute atomic E-state index is 14.6. The normalized spacial score (nSPS) is 27.3. The van der Waals surface area contributed by atoms with Gasteiger partial charge in [-0.25, -0.2) is 9.36 Å². The van der Waals surface area contributed by atoms with Gasteiger partial charge in [0.25, 0.3) is 5.56 Å². The Morgan fingerprint density at radius 2 is 1.04 bits per heavy atom. The fraction of sp³-hybridized carbons (Fsp3) is 0.714. The lowest BCUT2D eigenvalue weighted by atomic mass is 9.99. The summed E-state index contributed by atoms with van der Waals surface area (Å²) in [5.41, 5.74) is 5.55. The summed E-state index contributed by atoms with van der Waals surface area (Å²) in [7, 11) is -4.81. The standard InChI is InChI=1S/C42H58N5O25PS2/c1-19-15-47(42(57)44-39(19)56)32-14-28(45-46-43)29(70-32)18-63-73(58,61-10-12-74-40-37(68-26(8)54)35(66-24(6)52)33(64-22(4)50)30(71-40)16-59-20(2)48)62-11-13-75-41-38(69-27(9)55)36(67-25(7)53)34(65-23(5)51)31(72-41)17-60-21(3)49/h15,28-38,40-41H,10-14,16-18H2,1-9H3,(H,44,56,57)/t28-,29+,30+,31+,32+,33+,34+,35-,36-,37+,38+,40-,41-/m0/s1. The van der Waals surface area contributed by atoms with E-state index in [4.69, 9.17) is 65.7 Å². The average Bonchev–Trinajstić information content (AvgIpc) is 3.70. The number of phosphoric ester groups is 1. The highest BCUT2D eigenvalue weighted by Crippen LogP contribution is 2.51. The van der Waals surface area contributed by atoms with Gasteiger partial charge in [-0.1, -0.05) is 5.11 Å². The Hall–Kier alpha value is -5.56. The van der Waals surface area contributed by atoms with Crippen LogP contribution in [0, 0.1) is 6.92 Å². The van der Waals surface area contributed by atoms with Crippen molar-refractivity contribution in [1.29, 1.82) is 0 Å². The van der Waals surface area contributed by atoms with Gasteiger partial charge in [-0.05, 0) is 12.5 Å². The van der Waals surface area contributed by atoms with Crippen LogP contribution in [0.25, 0.3) is 10.4 Å². The van der Waals surface area contributed by atoms with E-state index in [1.54, 1.807) is 0 Å². The largest absolute Gasteiger partial charge is 0.474 e. The van der Waals surface area contributed by atoms with Crippen molar-refractivity contribution in [3.05, 3.63) is 43.0 Å². The SMILES string of the molecule is CC(=O)OC[C@H]1O[C@@H](SCCOP(=O)(OCCS[C@@H]2O[C@H](COC(C)=O)[C@@H](OC(C)=O)[C@H](OC(C)=O)[C@H]2OC(C)=O)OC[C@H]2O[C@@H](n3cc(C)c(=O)[nH]c3=O)C[C@@H]2N=[N+]=[N-])[C@H](OC(C)=O)[C@@H](OC(C)=O)[C@@H]1OC(C)=O. The van der Waals surface area contributed by atoms with Crippen LogP contribution in [0.15, 0.2) is 20.9 Å². The van der Waals surface area contributed by atoms with Crippen LogP contribution in [0.2, 0.25) is 0 Å². The number of esters is 8. The summed E-state index contributed by atoms with van der Waals surface area (Å²) in [5, 5.41) is 3.75. The maximum Gasteiger partial charge on any atom is 0.474 e. The van der Waals surface area contributed by atoms with Crippen LogP contribution in [0.1, 0.15) is 73.6 Å². The number of aryl methyl sites for hydroxylation is 1. The lowest BCUT2D eigenvalue weighted by Crippen LogP contribution is -2.61. The van der Waals surface area contributed by atoms with Gasteiger partial charge in [0.05, 0.1) is 32.0 Å². The Labute approximate surface area is 435 Å². The van der Waals surface area contributed by atoms with Crippen molar-refractivity contribution in [2.75, 3.05) is 44.5 Å². The predicted molar refractivity (Wildman–Crippen MR) is 252 cm³/mol. The molecule has 33 heteroatoms. The molecular weight excluding hydrogens is 1070 g/mol. The van der Waals surface area contributed by atoms with Crippen molar-refractivity contribution in [3.63, 3.8) is 0 Å². The second-order valence-corrected chi connectivity index (χ2v) is 20.5. The van der Waals surface area contributed by atoms with Crippen LogP contribution in [0.3, 0.4) is 0 Å². The molecular formula is C42H58N5O25PS2. The van der Waals surface area contributed by atoms with Gasteiger partial charge in [0.15, 0.2) is 36.6 Å². The lowest BCUT2D eigenvalue weighted by Gasteiger charge is -2.44. The molecule has 13 atom stereocenters. The zero-order valence-corrected chi connectivity index (χ0v) is 44.5. The smallest absolute Gasteiger partial charge is 0.463 e. The molecule has 3 aliphatic heterocycles. The van der Waals surface area contributed by atoms with Gasteiger partial charge >= 0.3 is 61.3 Å². The number of rotatable bonds is 25. The Morgan fingerprint density at radius 3 is 1.44 bits per heavy atom. The van der Waals surface area contributed by atoms with E-state index >= 15 is 0 Å². The lowest BCUT2D eigenvalue weighted by molar-refractivity contribution is -0.237. The zero-order chi connectivity index (χ0) is 55.7. The number of aromatic amines is 1. The van der Waals surface area contributed by atoms with E-state index in [9.17, 15) is 58.0 Å². The molecule has 0 radical (unpaired) electrons. The van der Waals surface area contributed by atoms with Crippen molar-refractivity contribution in [2.45, 2.75) is 147 Å². The zero-order valence-electron chi connectivity index (χ0n) is 42.0. The van der Waals surface area contributed by atoms with E-state index in [2.05, 4.69) is 15.0 Å². The van der Waals surface area contributed by atoms with Gasteiger partial charge in [-0.3, -0.25) is 66.3 Å². The second-order valence-electron chi connectivity index (χ2n) is 16.4. The van der Waals surface area contributed by atoms with Gasteiger partial charge in [-0.2, -0.15) is 0 Å². The number of azide groups is 1. The summed E-state index contributed by atoms with van der Waals surface area (Å²) in [6.45, 7) is 7.32. The van der Waals surface area contributed by atoms with Gasteiger partial charge in [0, 0.05) is 90.0 Å². The van der Waals surface area contributed by atoms with Gasteiger partial charge in [0.2, 0.25) is 0 Å². The van der Waals surface area contributed by atoms with Crippen LogP contribution in [0.4, 0.5) is 0 Å². The minimum atomic E-state index is -4.81. The number of nitrogens with zero attached hydrogens (tertiary/aromatic N) is 4. The van der Waals surface area contributed by atoms with Crippen LogP contribution >= 0.6 is 31.3 Å². The minimum Gasteiger partial charge on any atom is -0.463 e. The van der Waals surface area contributed by atoms with Crippen LogP contribution in [-0.2, 0) is 109 Å². The Balaban J connectivity index is 1.62. The third-order valence-electron chi connectivity index (χ3n) is 10.4. The average molecular weight is 1130 g/mol. The Morgan fingerprint density at radius 1 is 0.627 bits per heavy atom. The molecule has 0 unspecified atom stereocenters. The number of hydrogen-bond acceptors (Lipinski definition) is 28. The molecule has 1 N–H and O–H groups in total. The molecule has 1 aromatic rings. The fourth-order valence-electron chi connectivity index (χ4n) is 7.57. The summed E-state index contributed by atoms with van der Waals surface area (Å²) in [4.78, 5) is 127. The molecule has 0 aliphatic carbocycles. The van der Waals surface area contributed by atoms with Crippen LogP contribution in [0.5, 0.6) is 0 Å². The molecule has 418 valence electrons. The summed E-state index contributed by atoms with van der Waals surface area (Å²) >= 11 is 1.74. The first-order chi connectivity index (χ1) is 35.3. The van der Waals surface area contributed by atoms with Crippen LogP contribution in [-0.4, -0.2) is 174 Å². The molecule has 0 amide bonds. The maximum atomic E-state index is 14.6. The quantitative estimate of drug-likeness (QED) is 0.0276. The van der Waals surface area contributed by atoms with Crippen molar-refractivity contribution in [3.8, 4) is 0 Å². The van der Waals surface area contributed by atoms with E-state index in [0.29, 0.717) is 0 Å². The minimum absolute atomic E-state index is 0.102. The van der Waals surface area contributed by atoms with Gasteiger partial charge < -0.3 is 52.1 Å². The topological polar surface area (TPSA) is 386 Å². The van der Waals surface area contributed by atoms with E-state index < -0.39 is 178 Å². The summed E-state index contributed by atoms with van der Waals surface area (Å²) < 4.78 is 94.3. The highest BCUT2D eigenvalue weighted by atomic mass is 32.2. The van der Waals surface area contributed by atoms with Crippen molar-refractivity contribution in [1.82, 2.24) is 9.55 Å². The number of carbonyl (C=O) groups excluding carboxylic acids is 8. The number of thioether (sulfide) groups is 2. The van der Waals surface area contributed by atoms with Crippen molar-refractivity contribution in [2.24, 2.45) is 5.11 Å². The summed E-state index contributed by atoms with van der Waals surface area (Å²) in [5.74, 6) is -6.97. The molecule has 0 spiro atoms. The highest BCUT2D eigenvalue weighted by Gasteiger charge is 2.54. The Bertz CT molecular complexity index is 2350. The van der Waals surface area contributed by atoms with E-state index in [1.807, 2.05) is 0 Å². The molecule has 0 bridgehead atoms. The number of hydrogen-bond donors (Lipinski definition) is 1. The molecule has 30 nitrogen and oxygen atoms in total. The molecule has 3 fully saturated rings. The monoisotopic (exact) mass is 1130 g/mol. The van der Waals surface area contributed by atoms with Crippen LogP contribution < -0.4 is 11.2 Å². The van der Waals surface area contributed by atoms with Gasteiger partial charge in [0.1, 0.15) is 42.5 Å². The number of aromatic nitrogens is 2. The molecule has 4 heterocycles. The van der Waals surface area contributed by atoms with E-state index in [0.717, 1.165) is 83.5 Å². The number of phosphoric acid groups is 1. The first kappa shape index (κ1) is 62.0. The molecule has 0 saturated carbocycles. The number of ether oxygens (including phenoxy) is 11. The molecule has 0 aromatic carbocycles. The molecule has 3 saturated heterocycles. The van der Waals surface area contributed by atoms with Crippen molar-refractivity contribution < 1.29 is 109 Å². The predicted octanol–water partition coefficient (Wildman–Crippen LogP) is 1.60. The second kappa shape index (κ2) is 29.1. The fourth-order valence-corrected chi connectivity index (χ4v) is 11.1. The number of carbonyl (C=O) groups is 8. The summed E-state index contributed by atoms with van der Waals surface area (Å²) in [6.07, 6.45) is -12.5. The highest BCUT2D eigenvalue weighted by molar-refractivity contribution is 8.00.